The Bertz CT molecular complexity index is 1550. The van der Waals surface area contributed by atoms with Crippen LogP contribution in [0.25, 0.3) is 11.1 Å². The zero-order chi connectivity index (χ0) is 25.3. The second-order valence-electron chi connectivity index (χ2n) is 8.25. The van der Waals surface area contributed by atoms with Gasteiger partial charge in [0.25, 0.3) is 0 Å². The van der Waals surface area contributed by atoms with E-state index in [1.165, 1.54) is 6.92 Å². The number of ketones is 1. The molecule has 8 heteroatoms. The molecule has 0 saturated heterocycles. The third-order valence-electron chi connectivity index (χ3n) is 5.76. The average molecular weight is 674 g/mol. The van der Waals surface area contributed by atoms with Crippen LogP contribution in [-0.2, 0) is 7.61 Å². The molecule has 4 aromatic rings. The van der Waals surface area contributed by atoms with Crippen LogP contribution in [0.4, 0.5) is 16.2 Å². The van der Waals surface area contributed by atoms with Crippen LogP contribution in [0.2, 0.25) is 0 Å². The van der Waals surface area contributed by atoms with Gasteiger partial charge in [0, 0.05) is 6.92 Å². The Hall–Kier alpha value is -4.03. The SMILES string of the molecule is CC(=O)Nc1ccc(C(=O)c2ccc(N[C](=O)[Bi]3(=[O])[O]c4ccccc4-c4cccc[c]43)cc2)cc1. The Morgan fingerprint density at radius 1 is 0.667 bits per heavy atom. The number of para-hydroxylation sites is 1. The Morgan fingerprint density at radius 2 is 1.19 bits per heavy atom. The van der Waals surface area contributed by atoms with Crippen LogP contribution in [0, 0.1) is 0 Å². The number of amides is 2. The molecule has 0 aliphatic carbocycles. The molecule has 1 unspecified atom stereocenters. The average Bonchev–Trinajstić information content (AvgIpc) is 2.89. The molecule has 7 nitrogen and oxygen atoms in total. The van der Waals surface area contributed by atoms with Crippen molar-refractivity contribution in [3.63, 3.8) is 0 Å². The molecule has 5 rings (SSSR count). The van der Waals surface area contributed by atoms with Crippen molar-refractivity contribution < 1.29 is 20.0 Å². The number of carbonyl (C=O) groups is 3. The maximum atomic E-state index is 14.0. The van der Waals surface area contributed by atoms with Crippen molar-refractivity contribution in [3.05, 3.63) is 108 Å². The van der Waals surface area contributed by atoms with Crippen LogP contribution in [-0.4, -0.2) is 36.0 Å². The van der Waals surface area contributed by atoms with Gasteiger partial charge in [-0.3, -0.25) is 4.79 Å². The van der Waals surface area contributed by atoms with E-state index in [0.29, 0.717) is 31.5 Å². The maximum absolute atomic E-state index is 14.0. The molecular formula is C28H21BiN2O5. The first-order chi connectivity index (χ1) is 17.3. The number of benzene rings is 4. The summed E-state index contributed by atoms with van der Waals surface area (Å²) in [5, 5.41) is 5.38. The molecule has 1 atom stereocenters. The summed E-state index contributed by atoms with van der Waals surface area (Å²) in [6, 6.07) is 27.3. The van der Waals surface area contributed by atoms with Crippen LogP contribution in [0.1, 0.15) is 22.8 Å². The van der Waals surface area contributed by atoms with Crippen molar-refractivity contribution in [2.75, 3.05) is 10.6 Å². The molecule has 36 heavy (non-hydrogen) atoms. The van der Waals surface area contributed by atoms with E-state index in [2.05, 4.69) is 10.6 Å². The van der Waals surface area contributed by atoms with Gasteiger partial charge in [-0.25, -0.2) is 0 Å². The molecule has 0 saturated carbocycles. The third-order valence-corrected chi connectivity index (χ3v) is 14.0. The van der Waals surface area contributed by atoms with Gasteiger partial charge in [0.2, 0.25) is 5.91 Å². The summed E-state index contributed by atoms with van der Waals surface area (Å²) in [4.78, 5) is 37.3. The quantitative estimate of drug-likeness (QED) is 0.234. The molecule has 1 aliphatic heterocycles. The number of rotatable bonds is 5. The predicted molar refractivity (Wildman–Crippen MR) is 138 cm³/mol. The fourth-order valence-corrected chi connectivity index (χ4v) is 11.5. The zero-order valence-electron chi connectivity index (χ0n) is 19.2. The minimum absolute atomic E-state index is 0.192. The van der Waals surface area contributed by atoms with Crippen LogP contribution in [0.15, 0.2) is 97.1 Å². The van der Waals surface area contributed by atoms with Gasteiger partial charge in [-0.15, -0.1) is 0 Å². The first-order valence-electron chi connectivity index (χ1n) is 11.2. The Morgan fingerprint density at radius 3 is 1.81 bits per heavy atom. The van der Waals surface area contributed by atoms with Gasteiger partial charge < -0.3 is 0 Å². The van der Waals surface area contributed by atoms with Crippen molar-refractivity contribution >= 4 is 50.7 Å². The van der Waals surface area contributed by atoms with Crippen LogP contribution < -0.4 is 16.7 Å². The first kappa shape index (κ1) is 23.7. The molecule has 0 spiro atoms. The molecule has 2 amide bonds. The summed E-state index contributed by atoms with van der Waals surface area (Å²) in [6.07, 6.45) is 0. The van der Waals surface area contributed by atoms with Crippen molar-refractivity contribution in [3.8, 4) is 16.9 Å². The van der Waals surface area contributed by atoms with Gasteiger partial charge in [0.1, 0.15) is 0 Å². The normalized spacial score (nSPS) is 15.6. The fraction of sp³-hybridized carbons (Fsp3) is 0.0357. The number of hydrogen-bond donors (Lipinski definition) is 2. The molecule has 178 valence electrons. The molecule has 4 aromatic carbocycles. The van der Waals surface area contributed by atoms with Gasteiger partial charge in [-0.1, -0.05) is 0 Å². The van der Waals surface area contributed by atoms with E-state index in [1.54, 1.807) is 72.8 Å². The summed E-state index contributed by atoms with van der Waals surface area (Å²) >= 11 is -5.30. The first-order valence-corrected chi connectivity index (χ1v) is 17.5. The summed E-state index contributed by atoms with van der Waals surface area (Å²) < 4.78 is 19.7. The van der Waals surface area contributed by atoms with E-state index in [-0.39, 0.29) is 11.7 Å². The summed E-state index contributed by atoms with van der Waals surface area (Å²) in [7, 11) is 0. The Balaban J connectivity index is 1.35. The number of anilines is 2. The van der Waals surface area contributed by atoms with Crippen LogP contribution >= 0.6 is 0 Å². The van der Waals surface area contributed by atoms with Crippen molar-refractivity contribution in [1.29, 1.82) is 0 Å². The second-order valence-corrected chi connectivity index (χ2v) is 16.7. The van der Waals surface area contributed by atoms with Gasteiger partial charge in [-0.2, -0.15) is 0 Å². The van der Waals surface area contributed by atoms with Crippen LogP contribution in [0.5, 0.6) is 5.75 Å². The summed E-state index contributed by atoms with van der Waals surface area (Å²) in [6.45, 7) is 1.41. The number of carbonyl (C=O) groups excluding carboxylic acids is 3. The van der Waals surface area contributed by atoms with E-state index >= 15 is 0 Å². The number of hydrogen-bond acceptors (Lipinski definition) is 5. The standard InChI is InChI=1S/C16H13N2O3.C12H9O.Bi.O/c1-11(20)18-15-8-4-13(5-9-15)16(21)12-2-6-14(7-3-12)17-10-19;13-12-9-5-4-8-11(12)10-6-2-1-3-7-10;;/h2-9H,1H3,(H,17,19)(H,18,20);1-6,8-9,13H;;/q;;+1;/p-1. The van der Waals surface area contributed by atoms with E-state index in [1.807, 2.05) is 24.3 Å². The van der Waals surface area contributed by atoms with Gasteiger partial charge in [0.05, 0.1) is 0 Å². The molecule has 1 heterocycles. The second kappa shape index (κ2) is 9.55. The third kappa shape index (κ3) is 4.48. The fourth-order valence-electron chi connectivity index (χ4n) is 4.04. The van der Waals surface area contributed by atoms with Crippen molar-refractivity contribution in [2.45, 2.75) is 6.92 Å². The van der Waals surface area contributed by atoms with E-state index in [0.717, 1.165) is 11.1 Å². The molecule has 1 aliphatic rings. The van der Waals surface area contributed by atoms with Crippen molar-refractivity contribution in [2.24, 2.45) is 0 Å². The summed E-state index contributed by atoms with van der Waals surface area (Å²) in [5.41, 5.74) is 3.44. The molecule has 0 radical (unpaired) electrons. The molecule has 0 fully saturated rings. The monoisotopic (exact) mass is 674 g/mol. The number of fused-ring (bicyclic) bond motifs is 3. The van der Waals surface area contributed by atoms with E-state index in [9.17, 15) is 17.2 Å². The predicted octanol–water partition coefficient (Wildman–Crippen LogP) is 4.83. The van der Waals surface area contributed by atoms with Gasteiger partial charge in [-0.05, 0) is 0 Å². The minimum atomic E-state index is -5.30. The molecule has 2 N–H and O–H groups in total. The summed E-state index contributed by atoms with van der Waals surface area (Å²) in [5.74, 6) is 0.0380. The van der Waals surface area contributed by atoms with Crippen LogP contribution in [0.3, 0.4) is 0 Å². The topological polar surface area (TPSA) is 102 Å². The van der Waals surface area contributed by atoms with Gasteiger partial charge in [0.15, 0.2) is 0 Å². The van der Waals surface area contributed by atoms with E-state index < -0.39 is 24.3 Å². The molecular weight excluding hydrogens is 653 g/mol. The number of nitrogens with one attached hydrogen (secondary N) is 2. The Kier molecular flexibility index (Phi) is 6.29. The van der Waals surface area contributed by atoms with Gasteiger partial charge >= 0.3 is 196 Å². The van der Waals surface area contributed by atoms with Crippen molar-refractivity contribution in [1.82, 2.24) is 0 Å². The zero-order valence-corrected chi connectivity index (χ0v) is 22.7. The van der Waals surface area contributed by atoms with E-state index in [4.69, 9.17) is 2.81 Å². The molecule has 0 bridgehead atoms. The molecule has 0 aromatic heterocycles. The Labute approximate surface area is 212 Å².